The normalized spacial score (nSPS) is 16.0. The molecule has 0 radical (unpaired) electrons. The summed E-state index contributed by atoms with van der Waals surface area (Å²) >= 11 is 0. The van der Waals surface area contributed by atoms with Crippen molar-refractivity contribution in [3.8, 4) is 0 Å². The first-order chi connectivity index (χ1) is 20.2. The van der Waals surface area contributed by atoms with Gasteiger partial charge in [0.1, 0.15) is 11.4 Å². The van der Waals surface area contributed by atoms with Crippen molar-refractivity contribution in [2.24, 2.45) is 0 Å². The molecule has 0 spiro atoms. The molecule has 1 amide bonds. The maximum Gasteiger partial charge on any atom is 0.345 e. The van der Waals surface area contributed by atoms with E-state index in [1.54, 1.807) is 10.6 Å². The van der Waals surface area contributed by atoms with E-state index < -0.39 is 50.3 Å². The molecule has 1 saturated heterocycles. The highest BCUT2D eigenvalue weighted by atomic mass is 31.2. The summed E-state index contributed by atoms with van der Waals surface area (Å²) in [4.78, 5) is 77.9. The fourth-order valence-corrected chi connectivity index (χ4v) is 7.72. The van der Waals surface area contributed by atoms with E-state index in [0.29, 0.717) is 37.4 Å². The van der Waals surface area contributed by atoms with Gasteiger partial charge in [0.15, 0.2) is 12.0 Å². The number of fused-ring (bicyclic) bond motifs is 1. The second-order valence-electron chi connectivity index (χ2n) is 10.4. The minimum absolute atomic E-state index is 0.0196. The summed E-state index contributed by atoms with van der Waals surface area (Å²) in [7, 11) is -10.4. The number of pyridine rings is 1. The third-order valence-corrected chi connectivity index (χ3v) is 10.9. The van der Waals surface area contributed by atoms with Gasteiger partial charge in [-0.2, -0.15) is 0 Å². The molecule has 0 unspecified atom stereocenters. The van der Waals surface area contributed by atoms with Crippen molar-refractivity contribution in [3.63, 3.8) is 0 Å². The van der Waals surface area contributed by atoms with Crippen LogP contribution < -0.4 is 21.0 Å². The average Bonchev–Trinajstić information content (AvgIpc) is 3.77. The molecular formula is C26H29FN4O10P2. The van der Waals surface area contributed by atoms with Crippen LogP contribution in [0.4, 0.5) is 15.8 Å². The Hall–Kier alpha value is -3.42. The maximum atomic E-state index is 15.2. The lowest BCUT2D eigenvalue weighted by molar-refractivity contribution is -0.119. The molecule has 230 valence electrons. The van der Waals surface area contributed by atoms with Crippen LogP contribution in [0.3, 0.4) is 0 Å². The summed E-state index contributed by atoms with van der Waals surface area (Å²) in [5.41, 5.74) is -0.472. The lowest BCUT2D eigenvalue weighted by Gasteiger charge is -2.30. The molecule has 43 heavy (non-hydrogen) atoms. The molecule has 3 aromatic rings. The van der Waals surface area contributed by atoms with E-state index in [4.69, 9.17) is 4.74 Å². The fraction of sp³-hybridized carbons (Fsp3) is 0.346. The molecular weight excluding hydrogens is 609 g/mol. The van der Waals surface area contributed by atoms with Gasteiger partial charge < -0.3 is 44.4 Å². The fourth-order valence-electron chi connectivity index (χ4n) is 5.04. The van der Waals surface area contributed by atoms with E-state index >= 15 is 4.39 Å². The van der Waals surface area contributed by atoms with E-state index in [1.165, 1.54) is 6.20 Å². The van der Waals surface area contributed by atoms with Gasteiger partial charge in [0.2, 0.25) is 5.43 Å². The van der Waals surface area contributed by atoms with Crippen molar-refractivity contribution in [1.82, 2.24) is 9.88 Å². The summed E-state index contributed by atoms with van der Waals surface area (Å²) in [6.45, 7) is 1.81. The minimum atomic E-state index is -5.21. The maximum absolute atomic E-state index is 15.2. The third-order valence-electron chi connectivity index (χ3n) is 7.18. The molecule has 6 N–H and O–H groups in total. The number of piperazine rings is 1. The predicted molar refractivity (Wildman–Crippen MR) is 154 cm³/mol. The quantitative estimate of drug-likeness (QED) is 0.147. The van der Waals surface area contributed by atoms with Crippen molar-refractivity contribution in [2.75, 3.05) is 43.0 Å². The first-order valence-corrected chi connectivity index (χ1v) is 16.6. The van der Waals surface area contributed by atoms with Crippen molar-refractivity contribution in [3.05, 3.63) is 69.8 Å². The van der Waals surface area contributed by atoms with Crippen LogP contribution in [0, 0.1) is 5.82 Å². The highest BCUT2D eigenvalue weighted by Crippen LogP contribution is 2.69. The Morgan fingerprint density at radius 1 is 1.05 bits per heavy atom. The van der Waals surface area contributed by atoms with Gasteiger partial charge in [0, 0.05) is 49.5 Å². The van der Waals surface area contributed by atoms with E-state index in [0.717, 1.165) is 43.2 Å². The lowest BCUT2D eigenvalue weighted by Crippen LogP contribution is -2.43. The van der Waals surface area contributed by atoms with Crippen molar-refractivity contribution in [1.29, 1.82) is 0 Å². The second kappa shape index (κ2) is 11.9. The largest absolute Gasteiger partial charge is 0.452 e. The molecule has 2 fully saturated rings. The number of ether oxygens (including phenoxy) is 1. The Morgan fingerprint density at radius 2 is 1.67 bits per heavy atom. The summed E-state index contributed by atoms with van der Waals surface area (Å²) < 4.78 is 45.2. The second-order valence-corrected chi connectivity index (χ2v) is 14.2. The summed E-state index contributed by atoms with van der Waals surface area (Å²) in [5, 5.41) is 3.24. The molecule has 2 heterocycles. The number of amides is 1. The van der Waals surface area contributed by atoms with Gasteiger partial charge in [-0.05, 0) is 42.7 Å². The van der Waals surface area contributed by atoms with E-state index in [2.05, 4.69) is 10.6 Å². The van der Waals surface area contributed by atoms with Gasteiger partial charge in [0.05, 0.1) is 11.2 Å². The first kappa shape index (κ1) is 31.0. The van der Waals surface area contributed by atoms with Crippen LogP contribution in [0.5, 0.6) is 0 Å². The molecule has 17 heteroatoms. The van der Waals surface area contributed by atoms with Gasteiger partial charge >= 0.3 is 21.2 Å². The zero-order valence-corrected chi connectivity index (χ0v) is 24.3. The van der Waals surface area contributed by atoms with Crippen LogP contribution in [-0.4, -0.2) is 68.8 Å². The molecule has 14 nitrogen and oxygen atoms in total. The van der Waals surface area contributed by atoms with Gasteiger partial charge in [-0.3, -0.25) is 18.7 Å². The Labute approximate surface area is 243 Å². The zero-order valence-electron chi connectivity index (χ0n) is 22.6. The van der Waals surface area contributed by atoms with Gasteiger partial charge in [-0.1, -0.05) is 12.1 Å². The summed E-state index contributed by atoms with van der Waals surface area (Å²) in [5.74, 6) is -2.49. The molecule has 1 aromatic heterocycles. The average molecular weight is 638 g/mol. The standard InChI is InChI=1S/C26H29FN4O10P2/c27-20-11-18-21(12-22(20)30-9-7-28-8-10-30)31(17-5-6-17)13-19(24(18)33)25(34)41-14-23(32)29-16-3-1-15(2-4-16)26(42(35,36)37)43(38,39)40/h1-4,11-13,17,26,28H,5-10,14H2,(H,29,32)(H2,35,36,37)(H2,38,39,40). The number of benzene rings is 2. The number of carbonyl (C=O) groups excluding carboxylic acids is 2. The molecule has 5 rings (SSSR count). The Morgan fingerprint density at radius 3 is 2.26 bits per heavy atom. The van der Waals surface area contributed by atoms with Crippen molar-refractivity contribution in [2.45, 2.75) is 24.3 Å². The van der Waals surface area contributed by atoms with Gasteiger partial charge in [-0.15, -0.1) is 0 Å². The molecule has 2 aliphatic rings. The van der Waals surface area contributed by atoms with Crippen molar-refractivity contribution < 1.29 is 47.4 Å². The number of hydrogen-bond donors (Lipinski definition) is 6. The molecule has 1 saturated carbocycles. The van der Waals surface area contributed by atoms with E-state index in [9.17, 15) is 43.1 Å². The molecule has 1 aliphatic carbocycles. The monoisotopic (exact) mass is 638 g/mol. The molecule has 0 atom stereocenters. The summed E-state index contributed by atoms with van der Waals surface area (Å²) in [6, 6.07) is 7.18. The number of aromatic nitrogens is 1. The van der Waals surface area contributed by atoms with Crippen LogP contribution in [-0.2, 0) is 18.7 Å². The number of rotatable bonds is 9. The van der Waals surface area contributed by atoms with E-state index in [1.807, 2.05) is 4.90 Å². The summed E-state index contributed by atoms with van der Waals surface area (Å²) in [6.07, 6.45) is 3.01. The molecule has 0 bridgehead atoms. The SMILES string of the molecule is O=C(COC(=O)c1cn(C2CC2)c2cc(N3CCNCC3)c(F)cc2c1=O)Nc1ccc(C(P(=O)(O)O)P(=O)(O)O)cc1. The van der Waals surface area contributed by atoms with E-state index in [-0.39, 0.29) is 28.2 Å². The minimum Gasteiger partial charge on any atom is -0.452 e. The topological polar surface area (TPSA) is 208 Å². The molecule has 2 aromatic carbocycles. The van der Waals surface area contributed by atoms with Crippen molar-refractivity contribution >= 4 is 49.3 Å². The number of nitrogens with one attached hydrogen (secondary N) is 2. The predicted octanol–water partition coefficient (Wildman–Crippen LogP) is 2.03. The smallest absolute Gasteiger partial charge is 0.345 e. The van der Waals surface area contributed by atoms with Crippen LogP contribution >= 0.6 is 15.2 Å². The van der Waals surface area contributed by atoms with Crippen LogP contribution in [0.1, 0.15) is 40.2 Å². The first-order valence-electron chi connectivity index (χ1n) is 13.3. The molecule has 1 aliphatic heterocycles. The van der Waals surface area contributed by atoms with Crippen LogP contribution in [0.25, 0.3) is 10.9 Å². The Balaban J connectivity index is 1.31. The number of anilines is 2. The van der Waals surface area contributed by atoms with Gasteiger partial charge in [0.25, 0.3) is 5.91 Å². The third kappa shape index (κ3) is 6.89. The highest BCUT2D eigenvalue weighted by Gasteiger charge is 2.44. The van der Waals surface area contributed by atoms with Crippen LogP contribution in [0.2, 0.25) is 0 Å². The number of halogens is 1. The Kier molecular flexibility index (Phi) is 8.61. The van der Waals surface area contributed by atoms with Crippen LogP contribution in [0.15, 0.2) is 47.4 Å². The van der Waals surface area contributed by atoms with Gasteiger partial charge in [-0.25, -0.2) is 9.18 Å². The highest BCUT2D eigenvalue weighted by molar-refractivity contribution is 7.70. The number of hydrogen-bond acceptors (Lipinski definition) is 8. The lowest BCUT2D eigenvalue weighted by atomic mass is 10.1. The number of esters is 1. The number of nitrogens with zero attached hydrogens (tertiary/aromatic N) is 2. The Bertz CT molecular complexity index is 1700. The number of carbonyl (C=O) groups is 2. The zero-order chi connectivity index (χ0) is 31.1.